The van der Waals surface area contributed by atoms with Gasteiger partial charge in [-0.1, -0.05) is 18.2 Å². The van der Waals surface area contributed by atoms with E-state index in [0.717, 1.165) is 53.5 Å². The van der Waals surface area contributed by atoms with Crippen LogP contribution in [0.5, 0.6) is 5.75 Å². The van der Waals surface area contributed by atoms with Gasteiger partial charge in [-0.25, -0.2) is 13.4 Å². The van der Waals surface area contributed by atoms with Gasteiger partial charge in [0.1, 0.15) is 5.75 Å². The van der Waals surface area contributed by atoms with Crippen molar-refractivity contribution in [2.75, 3.05) is 75.2 Å². The van der Waals surface area contributed by atoms with Gasteiger partial charge in [-0.15, -0.1) is 11.3 Å². The van der Waals surface area contributed by atoms with Crippen molar-refractivity contribution in [1.82, 2.24) is 19.8 Å². The number of fused-ring (bicyclic) bond motifs is 1. The fourth-order valence-corrected chi connectivity index (χ4v) is 7.55. The number of sulfone groups is 1. The Labute approximate surface area is 257 Å². The van der Waals surface area contributed by atoms with Gasteiger partial charge in [0.05, 0.1) is 28.8 Å². The fourth-order valence-electron chi connectivity index (χ4n) is 5.96. The van der Waals surface area contributed by atoms with Crippen molar-refractivity contribution >= 4 is 60.2 Å². The van der Waals surface area contributed by atoms with Crippen LogP contribution in [0.2, 0.25) is 0 Å². The molecule has 12 heteroatoms. The Morgan fingerprint density at radius 2 is 1.72 bits per heavy atom. The van der Waals surface area contributed by atoms with E-state index in [-0.39, 0.29) is 5.75 Å². The topological polar surface area (TPSA) is 103 Å². The van der Waals surface area contributed by atoms with Crippen LogP contribution in [0.15, 0.2) is 53.9 Å². The molecule has 0 atom stereocenters. The van der Waals surface area contributed by atoms with Crippen molar-refractivity contribution < 1.29 is 13.2 Å². The summed E-state index contributed by atoms with van der Waals surface area (Å²) in [6.07, 6.45) is 3.58. The van der Waals surface area contributed by atoms with E-state index in [9.17, 15) is 8.42 Å². The third-order valence-corrected chi connectivity index (χ3v) is 10.1. The molecule has 2 aromatic heterocycles. The SMILES string of the molecule is COc1cc(N2CCC(N3CCN(C)CC3)CC2)ccc1Nc1nc(Nc2ccccc2CS(C)(=O)=O)c2sccc2n1. The summed E-state index contributed by atoms with van der Waals surface area (Å²) >= 11 is 1.53. The number of anilines is 5. The molecule has 2 aliphatic rings. The molecule has 0 unspecified atom stereocenters. The molecule has 228 valence electrons. The van der Waals surface area contributed by atoms with Gasteiger partial charge < -0.3 is 25.2 Å². The number of ether oxygens (including phenoxy) is 1. The number of nitrogens with one attached hydrogen (secondary N) is 2. The minimum Gasteiger partial charge on any atom is -0.494 e. The second kappa shape index (κ2) is 12.7. The van der Waals surface area contributed by atoms with Crippen molar-refractivity contribution in [3.05, 3.63) is 59.5 Å². The van der Waals surface area contributed by atoms with Gasteiger partial charge in [0.15, 0.2) is 15.7 Å². The first-order chi connectivity index (χ1) is 20.8. The second-order valence-corrected chi connectivity index (χ2v) is 14.5. The number of piperazine rings is 1. The number of para-hydroxylation sites is 1. The molecule has 2 saturated heterocycles. The second-order valence-electron chi connectivity index (χ2n) is 11.5. The van der Waals surface area contributed by atoms with Crippen LogP contribution in [0, 0.1) is 0 Å². The van der Waals surface area contributed by atoms with Crippen LogP contribution in [0.25, 0.3) is 10.2 Å². The van der Waals surface area contributed by atoms with Gasteiger partial charge >= 0.3 is 0 Å². The molecule has 2 fully saturated rings. The molecule has 2 N–H and O–H groups in total. The van der Waals surface area contributed by atoms with Crippen molar-refractivity contribution in [2.45, 2.75) is 24.6 Å². The van der Waals surface area contributed by atoms with Crippen LogP contribution < -0.4 is 20.3 Å². The summed E-state index contributed by atoms with van der Waals surface area (Å²) in [7, 11) is 0.680. The summed E-state index contributed by atoms with van der Waals surface area (Å²) in [5.74, 6) is 1.70. The van der Waals surface area contributed by atoms with E-state index in [1.54, 1.807) is 7.11 Å². The smallest absolute Gasteiger partial charge is 0.229 e. The number of benzene rings is 2. The number of nitrogens with zero attached hydrogens (tertiary/aromatic N) is 5. The summed E-state index contributed by atoms with van der Waals surface area (Å²) < 4.78 is 30.8. The predicted molar refractivity (Wildman–Crippen MR) is 176 cm³/mol. The van der Waals surface area contributed by atoms with E-state index in [4.69, 9.17) is 14.7 Å². The highest BCUT2D eigenvalue weighted by atomic mass is 32.2. The highest BCUT2D eigenvalue weighted by Crippen LogP contribution is 2.35. The van der Waals surface area contributed by atoms with Crippen LogP contribution in [-0.2, 0) is 15.6 Å². The monoisotopic (exact) mass is 621 g/mol. The Balaban J connectivity index is 1.19. The van der Waals surface area contributed by atoms with E-state index in [1.807, 2.05) is 41.8 Å². The molecule has 2 aliphatic heterocycles. The van der Waals surface area contributed by atoms with Gasteiger partial charge in [0.25, 0.3) is 0 Å². The van der Waals surface area contributed by atoms with Gasteiger partial charge in [-0.2, -0.15) is 4.98 Å². The molecule has 10 nitrogen and oxygen atoms in total. The molecule has 6 rings (SSSR count). The number of thiophene rings is 1. The molecule has 0 saturated carbocycles. The van der Waals surface area contributed by atoms with E-state index in [2.05, 4.69) is 44.5 Å². The molecular weight excluding hydrogens is 583 g/mol. The summed E-state index contributed by atoms with van der Waals surface area (Å²) in [5, 5.41) is 8.70. The predicted octanol–water partition coefficient (Wildman–Crippen LogP) is 4.95. The number of aromatic nitrogens is 2. The lowest BCUT2D eigenvalue weighted by atomic mass is 10.0. The quantitative estimate of drug-likeness (QED) is 0.267. The van der Waals surface area contributed by atoms with E-state index in [1.165, 1.54) is 43.5 Å². The first kappa shape index (κ1) is 29.6. The highest BCUT2D eigenvalue weighted by molar-refractivity contribution is 7.89. The molecular formula is C31H39N7O3S2. The average molecular weight is 622 g/mol. The largest absolute Gasteiger partial charge is 0.494 e. The van der Waals surface area contributed by atoms with E-state index < -0.39 is 9.84 Å². The minimum absolute atomic E-state index is 0.0585. The highest BCUT2D eigenvalue weighted by Gasteiger charge is 2.27. The normalized spacial score (nSPS) is 17.3. The maximum absolute atomic E-state index is 12.0. The maximum atomic E-state index is 12.0. The molecule has 2 aromatic carbocycles. The Bertz CT molecular complexity index is 1680. The number of piperidine rings is 1. The Morgan fingerprint density at radius 3 is 2.47 bits per heavy atom. The van der Waals surface area contributed by atoms with Crippen LogP contribution in [0.3, 0.4) is 0 Å². The van der Waals surface area contributed by atoms with Crippen molar-refractivity contribution in [1.29, 1.82) is 0 Å². The zero-order valence-corrected chi connectivity index (χ0v) is 26.5. The van der Waals surface area contributed by atoms with Crippen LogP contribution >= 0.6 is 11.3 Å². The fraction of sp³-hybridized carbons (Fsp3) is 0.419. The van der Waals surface area contributed by atoms with Crippen LogP contribution in [-0.4, -0.2) is 93.9 Å². The average Bonchev–Trinajstić information content (AvgIpc) is 3.47. The number of hydrogen-bond donors (Lipinski definition) is 2. The Morgan fingerprint density at radius 1 is 0.953 bits per heavy atom. The molecule has 0 spiro atoms. The van der Waals surface area contributed by atoms with E-state index in [0.29, 0.717) is 29.1 Å². The summed E-state index contributed by atoms with van der Waals surface area (Å²) in [5.41, 5.74) is 4.11. The van der Waals surface area contributed by atoms with Gasteiger partial charge in [0, 0.05) is 69.0 Å². The van der Waals surface area contributed by atoms with Crippen molar-refractivity contribution in [3.8, 4) is 5.75 Å². The molecule has 0 aliphatic carbocycles. The van der Waals surface area contributed by atoms with Crippen LogP contribution in [0.1, 0.15) is 18.4 Å². The third kappa shape index (κ3) is 7.04. The molecule has 0 amide bonds. The minimum atomic E-state index is -3.21. The van der Waals surface area contributed by atoms with Gasteiger partial charge in [-0.05, 0) is 55.1 Å². The van der Waals surface area contributed by atoms with Crippen molar-refractivity contribution in [2.24, 2.45) is 0 Å². The summed E-state index contributed by atoms with van der Waals surface area (Å²) in [4.78, 5) is 17.1. The zero-order valence-electron chi connectivity index (χ0n) is 24.9. The standard InChI is InChI=1S/C31H39N7O3S2/c1-36-15-17-38(18-16-36)23-10-13-37(14-11-23)24-8-9-26(28(20-24)41-2)33-31-34-27-12-19-42-29(27)30(35-31)32-25-7-5-4-6-22(25)21-43(3,39)40/h4-9,12,19-20,23H,10-11,13-18,21H2,1-3H3,(H2,32,33,34,35). The lowest BCUT2D eigenvalue weighted by molar-refractivity contribution is 0.0982. The third-order valence-electron chi connectivity index (χ3n) is 8.31. The summed E-state index contributed by atoms with van der Waals surface area (Å²) in [6, 6.07) is 16.3. The maximum Gasteiger partial charge on any atom is 0.229 e. The van der Waals surface area contributed by atoms with Gasteiger partial charge in [-0.3, -0.25) is 4.90 Å². The first-order valence-corrected chi connectivity index (χ1v) is 17.6. The number of likely N-dealkylation sites (N-methyl/N-ethyl adjacent to an activating group) is 1. The molecule has 0 radical (unpaired) electrons. The zero-order chi connectivity index (χ0) is 30.0. The number of hydrogen-bond acceptors (Lipinski definition) is 11. The first-order valence-electron chi connectivity index (χ1n) is 14.7. The lowest BCUT2D eigenvalue weighted by Crippen LogP contribution is -2.52. The Kier molecular flexibility index (Phi) is 8.71. The van der Waals surface area contributed by atoms with Crippen molar-refractivity contribution in [3.63, 3.8) is 0 Å². The van der Waals surface area contributed by atoms with Gasteiger partial charge in [0.2, 0.25) is 5.95 Å². The van der Waals surface area contributed by atoms with E-state index >= 15 is 0 Å². The lowest BCUT2D eigenvalue weighted by Gasteiger charge is -2.42. The number of methoxy groups -OCH3 is 1. The molecule has 0 bridgehead atoms. The summed E-state index contributed by atoms with van der Waals surface area (Å²) in [6.45, 7) is 6.70. The molecule has 43 heavy (non-hydrogen) atoms. The number of rotatable bonds is 9. The Hall–Kier alpha value is -3.45. The van der Waals surface area contributed by atoms with Crippen LogP contribution in [0.4, 0.5) is 28.8 Å². The molecule has 4 heterocycles. The molecule has 4 aromatic rings.